The lowest BCUT2D eigenvalue weighted by atomic mass is 9.49. The lowest BCUT2D eigenvalue weighted by molar-refractivity contribution is 0.424. The van der Waals surface area contributed by atoms with Crippen LogP contribution in [0.15, 0.2) is 255 Å². The van der Waals surface area contributed by atoms with E-state index in [9.17, 15) is 0 Å². The molecule has 13 rings (SSSR count). The summed E-state index contributed by atoms with van der Waals surface area (Å²) in [5.74, 6) is 0.153. The first kappa shape index (κ1) is 37.5. The number of rotatable bonds is 7. The van der Waals surface area contributed by atoms with Gasteiger partial charge in [-0.2, -0.15) is 0 Å². The molecule has 1 nitrogen and oxygen atoms in total. The van der Waals surface area contributed by atoms with Gasteiger partial charge in [0.25, 0.3) is 0 Å². The summed E-state index contributed by atoms with van der Waals surface area (Å²) in [6, 6.07) is 86.6. The summed E-state index contributed by atoms with van der Waals surface area (Å²) in [7, 11) is 0. The van der Waals surface area contributed by atoms with E-state index in [2.05, 4.69) is 260 Å². The van der Waals surface area contributed by atoms with Crippen molar-refractivity contribution in [2.45, 2.75) is 17.3 Å². The van der Waals surface area contributed by atoms with Gasteiger partial charge in [0.15, 0.2) is 0 Å². The Labute approximate surface area is 380 Å². The summed E-state index contributed by atoms with van der Waals surface area (Å²) in [6.45, 7) is 0. The molecule has 0 bridgehead atoms. The number of benzene rings is 10. The zero-order valence-corrected chi connectivity index (χ0v) is 36.0. The molecule has 0 fully saturated rings. The third kappa shape index (κ3) is 5.46. The normalized spacial score (nSPS) is 18.9. The van der Waals surface area contributed by atoms with Crippen molar-refractivity contribution in [1.82, 2.24) is 0 Å². The third-order valence-corrected chi connectivity index (χ3v) is 14.8. The van der Waals surface area contributed by atoms with Gasteiger partial charge in [0.05, 0.1) is 10.8 Å². The van der Waals surface area contributed by atoms with Gasteiger partial charge < -0.3 is 4.90 Å². The predicted molar refractivity (Wildman–Crippen MR) is 272 cm³/mol. The standard InChI is InChI=1S/C64H45N/c1-4-18-44(19-5-1)45-36-38-51(39-37-45)65(53-40-41-55-47(42-53)35-34-46-20-10-11-27-54(46)55)52-26-16-25-50(43-52)63(48-21-6-2-7-22-48)59-31-14-15-32-60(59)64(49-23-8-3-9-24-49)58-30-13-12-28-56(58)57-29-17-33-61(63)62(57)64/h1-21,23-43,48H,22H2. The van der Waals surface area contributed by atoms with Crippen LogP contribution in [0.3, 0.4) is 0 Å². The minimum atomic E-state index is -0.523. The van der Waals surface area contributed by atoms with Gasteiger partial charge in [-0.1, -0.05) is 218 Å². The molecule has 306 valence electrons. The fraction of sp³-hybridized carbons (Fsp3) is 0.0625. The first-order valence-electron chi connectivity index (χ1n) is 22.9. The highest BCUT2D eigenvalue weighted by atomic mass is 15.1. The molecule has 0 aromatic heterocycles. The summed E-state index contributed by atoms with van der Waals surface area (Å²) >= 11 is 0. The fourth-order valence-electron chi connectivity index (χ4n) is 12.1. The Bertz CT molecular complexity index is 3530. The maximum Gasteiger partial charge on any atom is 0.0719 e. The summed E-state index contributed by atoms with van der Waals surface area (Å²) < 4.78 is 0. The molecule has 0 aliphatic heterocycles. The topological polar surface area (TPSA) is 3.24 Å². The van der Waals surface area contributed by atoms with E-state index in [1.54, 1.807) is 0 Å². The maximum atomic E-state index is 2.51. The summed E-state index contributed by atoms with van der Waals surface area (Å²) in [4.78, 5) is 2.46. The molecule has 0 saturated heterocycles. The molecule has 0 spiro atoms. The van der Waals surface area contributed by atoms with E-state index in [-0.39, 0.29) is 5.92 Å². The molecule has 10 aromatic carbocycles. The van der Waals surface area contributed by atoms with E-state index in [0.717, 1.165) is 23.5 Å². The average molecular weight is 828 g/mol. The second-order valence-electron chi connectivity index (χ2n) is 17.9. The van der Waals surface area contributed by atoms with Crippen LogP contribution in [0, 0.1) is 5.92 Å². The molecule has 0 heterocycles. The number of hydrogen-bond donors (Lipinski definition) is 0. The fourth-order valence-corrected chi connectivity index (χ4v) is 12.1. The zero-order chi connectivity index (χ0) is 43.0. The minimum absolute atomic E-state index is 0.153. The molecule has 3 unspecified atom stereocenters. The molecule has 3 aliphatic carbocycles. The van der Waals surface area contributed by atoms with Crippen LogP contribution in [0.1, 0.15) is 45.4 Å². The van der Waals surface area contributed by atoms with Crippen molar-refractivity contribution in [2.24, 2.45) is 5.92 Å². The highest BCUT2D eigenvalue weighted by molar-refractivity contribution is 6.08. The molecule has 0 amide bonds. The van der Waals surface area contributed by atoms with Gasteiger partial charge in [0, 0.05) is 17.1 Å². The molecule has 0 saturated carbocycles. The Morgan fingerprint density at radius 2 is 1.00 bits per heavy atom. The number of fused-ring (bicyclic) bond motifs is 8. The van der Waals surface area contributed by atoms with Crippen molar-refractivity contribution in [3.8, 4) is 22.3 Å². The Hall–Kier alpha value is -8.00. The quantitative estimate of drug-likeness (QED) is 0.145. The van der Waals surface area contributed by atoms with Crippen LogP contribution in [-0.2, 0) is 10.8 Å². The van der Waals surface area contributed by atoms with Gasteiger partial charge >= 0.3 is 0 Å². The van der Waals surface area contributed by atoms with E-state index in [1.807, 2.05) is 0 Å². The number of anilines is 3. The molecule has 1 heteroatoms. The minimum Gasteiger partial charge on any atom is -0.310 e. The second kappa shape index (κ2) is 14.8. The summed E-state index contributed by atoms with van der Waals surface area (Å²) in [6.07, 6.45) is 10.3. The number of hydrogen-bond acceptors (Lipinski definition) is 1. The highest BCUT2D eigenvalue weighted by Gasteiger charge is 2.58. The first-order chi connectivity index (χ1) is 32.2. The Kier molecular flexibility index (Phi) is 8.55. The van der Waals surface area contributed by atoms with Gasteiger partial charge in [-0.25, -0.2) is 0 Å². The van der Waals surface area contributed by atoms with Crippen molar-refractivity contribution in [1.29, 1.82) is 0 Å². The van der Waals surface area contributed by atoms with Gasteiger partial charge in [0.2, 0.25) is 0 Å². The summed E-state index contributed by atoms with van der Waals surface area (Å²) in [5, 5.41) is 5.01. The largest absolute Gasteiger partial charge is 0.310 e. The molecular weight excluding hydrogens is 783 g/mol. The third-order valence-electron chi connectivity index (χ3n) is 14.8. The van der Waals surface area contributed by atoms with Crippen molar-refractivity contribution >= 4 is 38.6 Å². The predicted octanol–water partition coefficient (Wildman–Crippen LogP) is 16.3. The van der Waals surface area contributed by atoms with Crippen molar-refractivity contribution in [3.63, 3.8) is 0 Å². The SMILES string of the molecule is C1=CCC(C2(c3cccc(N(c4ccc(-c5ccccc5)cc4)c4ccc5c(ccc6ccccc65)c4)c3)c3ccccc3C3(c4ccccc4)c4ccccc4-c4cccc2c43)C=C1. The van der Waals surface area contributed by atoms with Gasteiger partial charge in [-0.05, 0) is 131 Å². The maximum absolute atomic E-state index is 2.51. The van der Waals surface area contributed by atoms with E-state index < -0.39 is 10.8 Å². The summed E-state index contributed by atoms with van der Waals surface area (Å²) in [5.41, 5.74) is 16.9. The molecule has 0 N–H and O–H groups in total. The van der Waals surface area contributed by atoms with Crippen LogP contribution in [0.2, 0.25) is 0 Å². The molecule has 3 atom stereocenters. The lowest BCUT2D eigenvalue weighted by Gasteiger charge is -2.52. The number of allylic oxidation sites excluding steroid dienone is 4. The zero-order valence-electron chi connectivity index (χ0n) is 36.0. The van der Waals surface area contributed by atoms with Crippen molar-refractivity contribution in [3.05, 3.63) is 294 Å². The van der Waals surface area contributed by atoms with Crippen molar-refractivity contribution < 1.29 is 0 Å². The molecular formula is C64H45N. The van der Waals surface area contributed by atoms with Crippen LogP contribution in [-0.4, -0.2) is 0 Å². The Morgan fingerprint density at radius 3 is 1.83 bits per heavy atom. The Morgan fingerprint density at radius 1 is 0.385 bits per heavy atom. The van der Waals surface area contributed by atoms with E-state index in [4.69, 9.17) is 0 Å². The van der Waals surface area contributed by atoms with E-state index in [0.29, 0.717) is 0 Å². The lowest BCUT2D eigenvalue weighted by Crippen LogP contribution is -2.47. The van der Waals surface area contributed by atoms with E-state index in [1.165, 1.54) is 82.7 Å². The van der Waals surface area contributed by atoms with Crippen molar-refractivity contribution in [2.75, 3.05) is 4.90 Å². The second-order valence-corrected chi connectivity index (χ2v) is 17.9. The van der Waals surface area contributed by atoms with Gasteiger partial charge in [-0.15, -0.1) is 0 Å². The van der Waals surface area contributed by atoms with Gasteiger partial charge in [-0.3, -0.25) is 0 Å². The van der Waals surface area contributed by atoms with Crippen LogP contribution < -0.4 is 4.90 Å². The smallest absolute Gasteiger partial charge is 0.0719 e. The molecule has 3 aliphatic rings. The first-order valence-corrected chi connectivity index (χ1v) is 22.9. The molecule has 65 heavy (non-hydrogen) atoms. The molecule has 0 radical (unpaired) electrons. The molecule has 10 aromatic rings. The van der Waals surface area contributed by atoms with Crippen LogP contribution in [0.5, 0.6) is 0 Å². The Balaban J connectivity index is 1.08. The van der Waals surface area contributed by atoms with Crippen LogP contribution in [0.4, 0.5) is 17.1 Å². The monoisotopic (exact) mass is 827 g/mol. The number of nitrogens with zero attached hydrogens (tertiary/aromatic N) is 1. The highest BCUT2D eigenvalue weighted by Crippen LogP contribution is 2.66. The van der Waals surface area contributed by atoms with Crippen LogP contribution in [0.25, 0.3) is 43.8 Å². The van der Waals surface area contributed by atoms with Crippen LogP contribution >= 0.6 is 0 Å². The van der Waals surface area contributed by atoms with E-state index >= 15 is 0 Å². The average Bonchev–Trinajstić information content (AvgIpc) is 3.70. The van der Waals surface area contributed by atoms with Gasteiger partial charge in [0.1, 0.15) is 0 Å².